The molecule has 4 nitrogen and oxygen atoms in total. The van der Waals surface area contributed by atoms with Gasteiger partial charge in [0.2, 0.25) is 0 Å². The zero-order valence-corrected chi connectivity index (χ0v) is 26.6. The first kappa shape index (κ1) is 28.6. The summed E-state index contributed by atoms with van der Waals surface area (Å²) in [6, 6.07) is 61.3. The molecule has 9 rings (SSSR count). The predicted molar refractivity (Wildman–Crippen MR) is 201 cm³/mol. The molecule has 0 fully saturated rings. The zero-order valence-electron chi connectivity index (χ0n) is 26.6. The molecule has 3 aromatic heterocycles. The fourth-order valence-corrected chi connectivity index (χ4v) is 6.74. The fraction of sp³-hybridized carbons (Fsp3) is 0. The van der Waals surface area contributed by atoms with E-state index < -0.39 is 0 Å². The Morgan fingerprint density at radius 1 is 0.388 bits per heavy atom. The molecule has 3 heterocycles. The normalized spacial score (nSPS) is 11.3. The average molecular weight is 627 g/mol. The molecule has 0 radical (unpaired) electrons. The third-order valence-corrected chi connectivity index (χ3v) is 9.10. The highest BCUT2D eigenvalue weighted by atomic mass is 15.0. The summed E-state index contributed by atoms with van der Waals surface area (Å²) in [5.41, 5.74) is 12.7. The minimum Gasteiger partial charge on any atom is -0.309 e. The second-order valence-corrected chi connectivity index (χ2v) is 12.1. The van der Waals surface area contributed by atoms with E-state index in [0.29, 0.717) is 5.82 Å². The number of hydrogen-bond acceptors (Lipinski definition) is 3. The SMILES string of the molecule is c1ccc(-c2nc(-c3ccc(-c4ccccn4)cc3)cc(-c3ccc(-c4cccc5c4c4ccccc4n5-c4ccccc4)cc3)n2)cc1. The molecule has 230 valence electrons. The van der Waals surface area contributed by atoms with Crippen LogP contribution in [0.5, 0.6) is 0 Å². The molecule has 0 aliphatic carbocycles. The average Bonchev–Trinajstić information content (AvgIpc) is 3.53. The van der Waals surface area contributed by atoms with Crippen molar-refractivity contribution in [3.8, 4) is 62.0 Å². The van der Waals surface area contributed by atoms with E-state index in [1.165, 1.54) is 27.4 Å². The van der Waals surface area contributed by atoms with Gasteiger partial charge in [0.05, 0.1) is 28.1 Å². The second-order valence-electron chi connectivity index (χ2n) is 12.1. The summed E-state index contributed by atoms with van der Waals surface area (Å²) in [5, 5.41) is 2.49. The van der Waals surface area contributed by atoms with Gasteiger partial charge in [-0.05, 0) is 53.6 Å². The van der Waals surface area contributed by atoms with Crippen LogP contribution in [-0.4, -0.2) is 19.5 Å². The quantitative estimate of drug-likeness (QED) is 0.184. The Hall–Kier alpha value is -6.65. The molecule has 0 atom stereocenters. The van der Waals surface area contributed by atoms with Gasteiger partial charge in [-0.3, -0.25) is 4.98 Å². The van der Waals surface area contributed by atoms with Crippen molar-refractivity contribution in [3.05, 3.63) is 182 Å². The van der Waals surface area contributed by atoms with Crippen LogP contribution >= 0.6 is 0 Å². The first-order valence-electron chi connectivity index (χ1n) is 16.4. The molecule has 0 saturated carbocycles. The van der Waals surface area contributed by atoms with Gasteiger partial charge in [0.1, 0.15) is 0 Å². The van der Waals surface area contributed by atoms with Crippen molar-refractivity contribution in [3.63, 3.8) is 0 Å². The minimum absolute atomic E-state index is 0.699. The summed E-state index contributed by atoms with van der Waals surface area (Å²) in [7, 11) is 0. The largest absolute Gasteiger partial charge is 0.309 e. The van der Waals surface area contributed by atoms with Gasteiger partial charge in [0, 0.05) is 44.9 Å². The molecule has 0 amide bonds. The lowest BCUT2D eigenvalue weighted by atomic mass is 9.97. The van der Waals surface area contributed by atoms with Crippen LogP contribution in [0.25, 0.3) is 83.8 Å². The highest BCUT2D eigenvalue weighted by Gasteiger charge is 2.16. The molecule has 49 heavy (non-hydrogen) atoms. The Bertz CT molecular complexity index is 2560. The van der Waals surface area contributed by atoms with Crippen molar-refractivity contribution in [2.24, 2.45) is 0 Å². The Morgan fingerprint density at radius 3 is 1.63 bits per heavy atom. The van der Waals surface area contributed by atoms with E-state index in [4.69, 9.17) is 9.97 Å². The lowest BCUT2D eigenvalue weighted by Gasteiger charge is -2.11. The standard InChI is InChI=1S/C45H30N4/c1-3-12-35(13-4-1)45-47-40(30-41(48-45)34-27-25-32(26-28-34)39-18-9-10-29-46-39)33-23-21-31(22-24-33)37-17-11-20-43-44(37)38-16-7-8-19-42(38)49(43)36-14-5-2-6-15-36/h1-30H. The van der Waals surface area contributed by atoms with Crippen molar-refractivity contribution in [2.75, 3.05) is 0 Å². The summed E-state index contributed by atoms with van der Waals surface area (Å²) in [6.07, 6.45) is 1.82. The van der Waals surface area contributed by atoms with E-state index in [-0.39, 0.29) is 0 Å². The molecule has 0 N–H and O–H groups in total. The van der Waals surface area contributed by atoms with Crippen LogP contribution in [0.15, 0.2) is 182 Å². The molecule has 6 aromatic carbocycles. The first-order valence-corrected chi connectivity index (χ1v) is 16.4. The number of aromatic nitrogens is 4. The van der Waals surface area contributed by atoms with Gasteiger partial charge in [0.15, 0.2) is 5.82 Å². The summed E-state index contributed by atoms with van der Waals surface area (Å²) in [4.78, 5) is 14.6. The molecule has 0 aliphatic heterocycles. The van der Waals surface area contributed by atoms with E-state index in [1.807, 2.05) is 42.6 Å². The molecular formula is C45H30N4. The van der Waals surface area contributed by atoms with Crippen LogP contribution < -0.4 is 0 Å². The maximum absolute atomic E-state index is 5.07. The van der Waals surface area contributed by atoms with E-state index in [2.05, 4.69) is 149 Å². The molecule has 9 aromatic rings. The highest BCUT2D eigenvalue weighted by Crippen LogP contribution is 2.39. The van der Waals surface area contributed by atoms with Crippen molar-refractivity contribution < 1.29 is 0 Å². The van der Waals surface area contributed by atoms with E-state index in [9.17, 15) is 0 Å². The predicted octanol–water partition coefficient (Wildman–Crippen LogP) is 11.3. The van der Waals surface area contributed by atoms with Gasteiger partial charge < -0.3 is 4.57 Å². The van der Waals surface area contributed by atoms with Gasteiger partial charge in [0.25, 0.3) is 0 Å². The third kappa shape index (κ3) is 5.26. The summed E-state index contributed by atoms with van der Waals surface area (Å²) in [6.45, 7) is 0. The smallest absolute Gasteiger partial charge is 0.160 e. The van der Waals surface area contributed by atoms with Crippen LogP contribution in [-0.2, 0) is 0 Å². The number of rotatable bonds is 6. The molecule has 4 heteroatoms. The Kier molecular flexibility index (Phi) is 7.10. The van der Waals surface area contributed by atoms with Crippen LogP contribution in [0, 0.1) is 0 Å². The summed E-state index contributed by atoms with van der Waals surface area (Å²) in [5.74, 6) is 0.699. The molecule has 0 bridgehead atoms. The molecule has 0 aliphatic rings. The molecule has 0 spiro atoms. The van der Waals surface area contributed by atoms with Crippen LogP contribution in [0.4, 0.5) is 0 Å². The summed E-state index contributed by atoms with van der Waals surface area (Å²) < 4.78 is 2.36. The van der Waals surface area contributed by atoms with Gasteiger partial charge in [-0.1, -0.05) is 133 Å². The fourth-order valence-electron chi connectivity index (χ4n) is 6.74. The number of hydrogen-bond donors (Lipinski definition) is 0. The van der Waals surface area contributed by atoms with Crippen molar-refractivity contribution in [2.45, 2.75) is 0 Å². The zero-order chi connectivity index (χ0) is 32.6. The maximum Gasteiger partial charge on any atom is 0.160 e. The van der Waals surface area contributed by atoms with Crippen LogP contribution in [0.3, 0.4) is 0 Å². The van der Waals surface area contributed by atoms with Gasteiger partial charge in [-0.15, -0.1) is 0 Å². The number of benzene rings is 6. The molecule has 0 saturated heterocycles. The van der Waals surface area contributed by atoms with Gasteiger partial charge in [-0.25, -0.2) is 9.97 Å². The Morgan fingerprint density at radius 2 is 0.959 bits per heavy atom. The Labute approximate surface area is 284 Å². The van der Waals surface area contributed by atoms with Crippen molar-refractivity contribution in [1.82, 2.24) is 19.5 Å². The molecule has 0 unspecified atom stereocenters. The maximum atomic E-state index is 5.07. The monoisotopic (exact) mass is 626 g/mol. The van der Waals surface area contributed by atoms with Gasteiger partial charge >= 0.3 is 0 Å². The Balaban J connectivity index is 1.14. The van der Waals surface area contributed by atoms with Gasteiger partial charge in [-0.2, -0.15) is 0 Å². The highest BCUT2D eigenvalue weighted by molar-refractivity contribution is 6.15. The van der Waals surface area contributed by atoms with Crippen LogP contribution in [0.2, 0.25) is 0 Å². The van der Waals surface area contributed by atoms with E-state index in [1.54, 1.807) is 0 Å². The lowest BCUT2D eigenvalue weighted by molar-refractivity contribution is 1.18. The number of pyridine rings is 1. The number of para-hydroxylation sites is 2. The van der Waals surface area contributed by atoms with E-state index >= 15 is 0 Å². The van der Waals surface area contributed by atoms with E-state index in [0.717, 1.165) is 50.6 Å². The minimum atomic E-state index is 0.699. The van der Waals surface area contributed by atoms with Crippen molar-refractivity contribution >= 4 is 21.8 Å². The molecular weight excluding hydrogens is 597 g/mol. The van der Waals surface area contributed by atoms with Crippen molar-refractivity contribution in [1.29, 1.82) is 0 Å². The first-order chi connectivity index (χ1) is 24.3. The topological polar surface area (TPSA) is 43.6 Å². The van der Waals surface area contributed by atoms with Crippen LogP contribution in [0.1, 0.15) is 0 Å². The number of fused-ring (bicyclic) bond motifs is 3. The number of nitrogens with zero attached hydrogens (tertiary/aromatic N) is 4. The summed E-state index contributed by atoms with van der Waals surface area (Å²) >= 11 is 0. The third-order valence-electron chi connectivity index (χ3n) is 9.10. The second kappa shape index (κ2) is 12.2. The lowest BCUT2D eigenvalue weighted by Crippen LogP contribution is -1.96.